The highest BCUT2D eigenvalue weighted by atomic mass is 127. The zero-order chi connectivity index (χ0) is 13.3. The van der Waals surface area contributed by atoms with Gasteiger partial charge in [0.05, 0.1) is 11.3 Å². The zero-order valence-corrected chi connectivity index (χ0v) is 12.4. The Bertz CT molecular complexity index is 545. The van der Waals surface area contributed by atoms with E-state index in [-0.39, 0.29) is 0 Å². The molecule has 2 rings (SSSR count). The quantitative estimate of drug-likeness (QED) is 0.521. The van der Waals surface area contributed by atoms with E-state index < -0.39 is 11.7 Å². The number of rotatable bonds is 2. The normalized spacial score (nSPS) is 11.8. The molecule has 0 amide bonds. The summed E-state index contributed by atoms with van der Waals surface area (Å²) in [6, 6.07) is 5.13. The molecular weight excluding hydrogens is 374 g/mol. The molecule has 0 unspecified atom stereocenters. The maximum atomic E-state index is 12.4. The summed E-state index contributed by atoms with van der Waals surface area (Å²) >= 11 is 3.78. The van der Waals surface area contributed by atoms with Gasteiger partial charge in [-0.1, -0.05) is 34.7 Å². The lowest BCUT2D eigenvalue weighted by atomic mass is 10.1. The van der Waals surface area contributed by atoms with E-state index in [0.717, 1.165) is 37.7 Å². The smallest absolute Gasteiger partial charge is 0.241 e. The van der Waals surface area contributed by atoms with Crippen molar-refractivity contribution in [3.63, 3.8) is 0 Å². The van der Waals surface area contributed by atoms with Gasteiger partial charge >= 0.3 is 6.18 Å². The first-order valence-electron chi connectivity index (χ1n) is 5.11. The Hall–Kier alpha value is -0.630. The maximum Gasteiger partial charge on any atom is 0.416 e. The van der Waals surface area contributed by atoms with E-state index in [1.165, 1.54) is 23.5 Å². The Kier molecular flexibility index (Phi) is 3.96. The van der Waals surface area contributed by atoms with Crippen molar-refractivity contribution >= 4 is 33.9 Å². The summed E-state index contributed by atoms with van der Waals surface area (Å²) < 4.78 is 38.2. The van der Waals surface area contributed by atoms with Crippen molar-refractivity contribution in [2.45, 2.75) is 17.5 Å². The molecule has 0 bridgehead atoms. The molecule has 18 heavy (non-hydrogen) atoms. The lowest BCUT2D eigenvalue weighted by Gasteiger charge is -2.06. The van der Waals surface area contributed by atoms with Crippen LogP contribution in [0.4, 0.5) is 13.2 Å². The lowest BCUT2D eigenvalue weighted by Crippen LogP contribution is -2.03. The summed E-state index contributed by atoms with van der Waals surface area (Å²) in [6.45, 7) is 1.91. The Labute approximate surface area is 120 Å². The number of benzene rings is 1. The third-order valence-corrected chi connectivity index (χ3v) is 4.96. The van der Waals surface area contributed by atoms with Crippen molar-refractivity contribution in [1.29, 1.82) is 0 Å². The summed E-state index contributed by atoms with van der Waals surface area (Å²) in [7, 11) is 0. The SMILES string of the molecule is Cc1nc(-c2ccc(C(F)(F)F)cc2)sc1CI. The number of nitrogens with zero attached hydrogens (tertiary/aromatic N) is 1. The second-order valence-corrected chi connectivity index (χ2v) is 5.58. The van der Waals surface area contributed by atoms with Crippen LogP contribution in [0, 0.1) is 6.92 Å². The molecule has 0 atom stereocenters. The average Bonchev–Trinajstić information content (AvgIpc) is 2.69. The summed E-state index contributed by atoms with van der Waals surface area (Å²) in [4.78, 5) is 5.53. The minimum absolute atomic E-state index is 0.631. The first-order chi connectivity index (χ1) is 8.41. The number of aryl methyl sites for hydroxylation is 1. The predicted octanol–water partition coefficient (Wildman–Crippen LogP) is 5.07. The Morgan fingerprint density at radius 1 is 1.22 bits per heavy atom. The van der Waals surface area contributed by atoms with Gasteiger partial charge in [-0.05, 0) is 19.1 Å². The highest BCUT2D eigenvalue weighted by Gasteiger charge is 2.30. The Morgan fingerprint density at radius 3 is 2.28 bits per heavy atom. The van der Waals surface area contributed by atoms with Crippen molar-refractivity contribution in [2.24, 2.45) is 0 Å². The fourth-order valence-electron chi connectivity index (χ4n) is 1.48. The largest absolute Gasteiger partial charge is 0.416 e. The van der Waals surface area contributed by atoms with E-state index in [1.807, 2.05) is 6.92 Å². The molecule has 0 aliphatic carbocycles. The van der Waals surface area contributed by atoms with Gasteiger partial charge in [0.2, 0.25) is 0 Å². The molecule has 0 fully saturated rings. The number of hydrogen-bond donors (Lipinski definition) is 0. The lowest BCUT2D eigenvalue weighted by molar-refractivity contribution is -0.137. The van der Waals surface area contributed by atoms with Crippen molar-refractivity contribution < 1.29 is 13.2 Å². The second-order valence-electron chi connectivity index (χ2n) is 3.74. The van der Waals surface area contributed by atoms with Crippen LogP contribution in [0.25, 0.3) is 10.6 Å². The summed E-state index contributed by atoms with van der Waals surface area (Å²) in [5, 5.41) is 0.771. The molecule has 1 aromatic carbocycles. The zero-order valence-electron chi connectivity index (χ0n) is 9.38. The molecule has 0 aliphatic rings. The number of alkyl halides is 4. The number of thiazole rings is 1. The third-order valence-electron chi connectivity index (χ3n) is 2.47. The highest BCUT2D eigenvalue weighted by molar-refractivity contribution is 14.1. The van der Waals surface area contributed by atoms with Gasteiger partial charge in [-0.3, -0.25) is 0 Å². The van der Waals surface area contributed by atoms with Gasteiger partial charge in [0, 0.05) is 14.9 Å². The van der Waals surface area contributed by atoms with Gasteiger partial charge in [0.15, 0.2) is 0 Å². The molecule has 1 heterocycles. The summed E-state index contributed by atoms with van der Waals surface area (Å²) in [6.07, 6.45) is -4.29. The predicted molar refractivity (Wildman–Crippen MR) is 75.0 cm³/mol. The van der Waals surface area contributed by atoms with Crippen LogP contribution in [0.5, 0.6) is 0 Å². The number of halogens is 4. The Morgan fingerprint density at radius 2 is 1.83 bits per heavy atom. The van der Waals surface area contributed by atoms with Gasteiger partial charge in [-0.25, -0.2) is 4.98 Å². The minimum atomic E-state index is -4.29. The van der Waals surface area contributed by atoms with Gasteiger partial charge in [-0.2, -0.15) is 13.2 Å². The van der Waals surface area contributed by atoms with E-state index in [9.17, 15) is 13.2 Å². The van der Waals surface area contributed by atoms with Gasteiger partial charge < -0.3 is 0 Å². The maximum absolute atomic E-state index is 12.4. The van der Waals surface area contributed by atoms with E-state index in [1.54, 1.807) is 0 Å². The molecule has 0 N–H and O–H groups in total. The van der Waals surface area contributed by atoms with Crippen LogP contribution in [0.3, 0.4) is 0 Å². The third kappa shape index (κ3) is 2.85. The molecule has 0 radical (unpaired) electrons. The minimum Gasteiger partial charge on any atom is -0.241 e. The van der Waals surface area contributed by atoms with Gasteiger partial charge in [-0.15, -0.1) is 11.3 Å². The monoisotopic (exact) mass is 383 g/mol. The fraction of sp³-hybridized carbons (Fsp3) is 0.250. The molecule has 0 saturated heterocycles. The molecule has 6 heteroatoms. The topological polar surface area (TPSA) is 12.9 Å². The molecule has 0 spiro atoms. The van der Waals surface area contributed by atoms with Crippen LogP contribution in [-0.4, -0.2) is 4.98 Å². The summed E-state index contributed by atoms with van der Waals surface area (Å²) in [5.41, 5.74) is 1.05. The van der Waals surface area contributed by atoms with Crippen LogP contribution >= 0.6 is 33.9 Å². The molecule has 1 nitrogen and oxygen atoms in total. The molecule has 2 aromatic rings. The highest BCUT2D eigenvalue weighted by Crippen LogP contribution is 2.33. The van der Waals surface area contributed by atoms with E-state index in [4.69, 9.17) is 0 Å². The molecule has 0 saturated carbocycles. The average molecular weight is 383 g/mol. The molecule has 0 aliphatic heterocycles. The number of aromatic nitrogens is 1. The van der Waals surface area contributed by atoms with Crippen LogP contribution < -0.4 is 0 Å². The fourth-order valence-corrected chi connectivity index (χ4v) is 3.41. The van der Waals surface area contributed by atoms with Crippen LogP contribution in [-0.2, 0) is 10.6 Å². The van der Waals surface area contributed by atoms with Crippen LogP contribution in [0.1, 0.15) is 16.1 Å². The van der Waals surface area contributed by atoms with E-state index in [0.29, 0.717) is 0 Å². The van der Waals surface area contributed by atoms with Gasteiger partial charge in [0.25, 0.3) is 0 Å². The number of hydrogen-bond acceptors (Lipinski definition) is 2. The van der Waals surface area contributed by atoms with Crippen molar-refractivity contribution in [3.05, 3.63) is 40.4 Å². The molecular formula is C12H9F3INS. The van der Waals surface area contributed by atoms with Crippen LogP contribution in [0.2, 0.25) is 0 Å². The van der Waals surface area contributed by atoms with E-state index in [2.05, 4.69) is 27.6 Å². The van der Waals surface area contributed by atoms with Crippen molar-refractivity contribution in [2.75, 3.05) is 0 Å². The van der Waals surface area contributed by atoms with Crippen molar-refractivity contribution in [3.8, 4) is 10.6 Å². The summed E-state index contributed by atoms with van der Waals surface area (Å²) in [5.74, 6) is 0. The van der Waals surface area contributed by atoms with Crippen molar-refractivity contribution in [1.82, 2.24) is 4.98 Å². The first kappa shape index (κ1) is 13.8. The Balaban J connectivity index is 2.34. The van der Waals surface area contributed by atoms with Gasteiger partial charge in [0.1, 0.15) is 5.01 Å². The molecule has 96 valence electrons. The van der Waals surface area contributed by atoms with E-state index >= 15 is 0 Å². The van der Waals surface area contributed by atoms with Crippen LogP contribution in [0.15, 0.2) is 24.3 Å². The second kappa shape index (κ2) is 5.16. The first-order valence-corrected chi connectivity index (χ1v) is 7.46. The standard InChI is InChI=1S/C12H9F3INS/c1-7-10(6-16)18-11(17-7)8-2-4-9(5-3-8)12(13,14)15/h2-5H,6H2,1H3. The molecule has 1 aromatic heterocycles.